The highest BCUT2D eigenvalue weighted by Crippen LogP contribution is 2.16. The average molecular weight is 277 g/mol. The van der Waals surface area contributed by atoms with Gasteiger partial charge in [-0.2, -0.15) is 0 Å². The van der Waals surface area contributed by atoms with Gasteiger partial charge in [-0.3, -0.25) is 0 Å². The van der Waals surface area contributed by atoms with Gasteiger partial charge in [-0.1, -0.05) is 6.07 Å². The zero-order valence-electron chi connectivity index (χ0n) is 13.1. The van der Waals surface area contributed by atoms with E-state index < -0.39 is 0 Å². The number of nitrogens with zero attached hydrogens (tertiary/aromatic N) is 2. The molecule has 0 bridgehead atoms. The van der Waals surface area contributed by atoms with Crippen molar-refractivity contribution in [2.75, 3.05) is 24.6 Å². The van der Waals surface area contributed by atoms with E-state index in [2.05, 4.69) is 55.0 Å². The van der Waals surface area contributed by atoms with E-state index in [1.165, 1.54) is 5.56 Å². The van der Waals surface area contributed by atoms with Gasteiger partial charge in [0, 0.05) is 38.0 Å². The summed E-state index contributed by atoms with van der Waals surface area (Å²) in [6.45, 7) is 12.3. The van der Waals surface area contributed by atoms with Crippen molar-refractivity contribution in [3.8, 4) is 0 Å². The molecule has 0 aromatic carbocycles. The quantitative estimate of drug-likeness (QED) is 0.921. The zero-order valence-corrected chi connectivity index (χ0v) is 13.1. The highest BCUT2D eigenvalue weighted by atomic mass is 16.5. The number of nitrogens with one attached hydrogen (secondary N) is 1. The summed E-state index contributed by atoms with van der Waals surface area (Å²) in [5.41, 5.74) is 1.36. The summed E-state index contributed by atoms with van der Waals surface area (Å²) in [6, 6.07) is 4.29. The van der Waals surface area contributed by atoms with Crippen molar-refractivity contribution in [2.24, 2.45) is 0 Å². The van der Waals surface area contributed by atoms with Crippen LogP contribution in [0.25, 0.3) is 0 Å². The Bertz CT molecular complexity index is 411. The predicted octanol–water partition coefficient (Wildman–Crippen LogP) is 2.58. The summed E-state index contributed by atoms with van der Waals surface area (Å²) in [6.07, 6.45) is 3.32. The lowest BCUT2D eigenvalue weighted by molar-refractivity contribution is 0.0820. The maximum Gasteiger partial charge on any atom is 0.128 e. The Hall–Kier alpha value is -1.13. The third-order valence-electron chi connectivity index (χ3n) is 3.41. The number of hydrogen-bond donors (Lipinski definition) is 1. The molecule has 112 valence electrons. The van der Waals surface area contributed by atoms with Crippen LogP contribution in [0.15, 0.2) is 18.3 Å². The van der Waals surface area contributed by atoms with Crippen LogP contribution in [0.5, 0.6) is 0 Å². The van der Waals surface area contributed by atoms with E-state index in [1.54, 1.807) is 0 Å². The minimum absolute atomic E-state index is 0.135. The number of ether oxygens (including phenoxy) is 1. The molecule has 4 nitrogen and oxygen atoms in total. The molecule has 1 aromatic heterocycles. The Morgan fingerprint density at radius 1 is 1.40 bits per heavy atom. The molecule has 1 unspecified atom stereocenters. The second-order valence-electron chi connectivity index (χ2n) is 6.61. The fourth-order valence-corrected chi connectivity index (χ4v) is 2.28. The Balaban J connectivity index is 1.96. The van der Waals surface area contributed by atoms with Gasteiger partial charge in [-0.25, -0.2) is 4.98 Å². The minimum Gasteiger partial charge on any atom is -0.377 e. The van der Waals surface area contributed by atoms with Crippen LogP contribution < -0.4 is 10.2 Å². The minimum atomic E-state index is 0.135. The second kappa shape index (κ2) is 6.55. The first kappa shape index (κ1) is 15.3. The van der Waals surface area contributed by atoms with Crippen molar-refractivity contribution in [3.63, 3.8) is 0 Å². The lowest BCUT2D eigenvalue weighted by atomic mass is 10.1. The normalized spacial score (nSPS) is 20.8. The van der Waals surface area contributed by atoms with E-state index >= 15 is 0 Å². The van der Waals surface area contributed by atoms with Gasteiger partial charge >= 0.3 is 0 Å². The summed E-state index contributed by atoms with van der Waals surface area (Å²) >= 11 is 0. The standard InChI is InChI=1S/C16H27N3O/c1-13-12-19(8-5-9-20-13)15-7-6-14(10-17-15)11-18-16(2,3)4/h6-7,10,13,18H,5,8-9,11-12H2,1-4H3. The van der Waals surface area contributed by atoms with Gasteiger partial charge in [0.2, 0.25) is 0 Å². The fourth-order valence-electron chi connectivity index (χ4n) is 2.28. The number of rotatable bonds is 3. The van der Waals surface area contributed by atoms with Gasteiger partial charge in [0.25, 0.3) is 0 Å². The average Bonchev–Trinajstić information content (AvgIpc) is 2.61. The van der Waals surface area contributed by atoms with Gasteiger partial charge in [0.05, 0.1) is 6.10 Å². The molecule has 0 spiro atoms. The second-order valence-corrected chi connectivity index (χ2v) is 6.61. The number of pyridine rings is 1. The van der Waals surface area contributed by atoms with Crippen LogP contribution in [0.2, 0.25) is 0 Å². The van der Waals surface area contributed by atoms with E-state index in [0.717, 1.165) is 38.5 Å². The first-order valence-corrected chi connectivity index (χ1v) is 7.50. The molecular weight excluding hydrogens is 250 g/mol. The van der Waals surface area contributed by atoms with Crippen LogP contribution in [0.4, 0.5) is 5.82 Å². The lowest BCUT2D eigenvalue weighted by Crippen LogP contribution is -2.35. The molecule has 1 aliphatic rings. The van der Waals surface area contributed by atoms with Crippen molar-refractivity contribution in [3.05, 3.63) is 23.9 Å². The Labute approximate surface area is 122 Å². The number of anilines is 1. The van der Waals surface area contributed by atoms with Gasteiger partial charge < -0.3 is 15.0 Å². The van der Waals surface area contributed by atoms with Crippen LogP contribution in [0.3, 0.4) is 0 Å². The molecule has 4 heteroatoms. The molecule has 20 heavy (non-hydrogen) atoms. The SMILES string of the molecule is CC1CN(c2ccc(CNC(C)(C)C)cn2)CCCO1. The summed E-state index contributed by atoms with van der Waals surface area (Å²) in [4.78, 5) is 6.93. The Kier molecular flexibility index (Phi) is 5.00. The molecule has 0 radical (unpaired) electrons. The molecule has 1 saturated heterocycles. The van der Waals surface area contributed by atoms with Gasteiger partial charge in [0.1, 0.15) is 5.82 Å². The molecule has 2 heterocycles. The molecule has 2 rings (SSSR count). The van der Waals surface area contributed by atoms with Crippen molar-refractivity contribution >= 4 is 5.82 Å². The Morgan fingerprint density at radius 2 is 2.20 bits per heavy atom. The summed E-state index contributed by atoms with van der Waals surface area (Å²) in [5, 5.41) is 3.48. The topological polar surface area (TPSA) is 37.4 Å². The molecule has 0 saturated carbocycles. The molecule has 1 fully saturated rings. The summed E-state index contributed by atoms with van der Waals surface area (Å²) in [7, 11) is 0. The molecule has 1 aromatic rings. The van der Waals surface area contributed by atoms with E-state index in [1.807, 2.05) is 6.20 Å². The maximum atomic E-state index is 5.67. The predicted molar refractivity (Wildman–Crippen MR) is 83.1 cm³/mol. The van der Waals surface area contributed by atoms with Crippen molar-refractivity contribution in [1.29, 1.82) is 0 Å². The summed E-state index contributed by atoms with van der Waals surface area (Å²) < 4.78 is 5.67. The zero-order chi connectivity index (χ0) is 14.6. The summed E-state index contributed by atoms with van der Waals surface area (Å²) in [5.74, 6) is 1.06. The molecule has 1 atom stereocenters. The number of hydrogen-bond acceptors (Lipinski definition) is 4. The maximum absolute atomic E-state index is 5.67. The smallest absolute Gasteiger partial charge is 0.128 e. The molecular formula is C16H27N3O. The van der Waals surface area contributed by atoms with Crippen LogP contribution in [-0.2, 0) is 11.3 Å². The largest absolute Gasteiger partial charge is 0.377 e. The van der Waals surface area contributed by atoms with Crippen LogP contribution >= 0.6 is 0 Å². The van der Waals surface area contributed by atoms with E-state index in [9.17, 15) is 0 Å². The van der Waals surface area contributed by atoms with E-state index in [4.69, 9.17) is 4.74 Å². The van der Waals surface area contributed by atoms with Gasteiger partial charge in [0.15, 0.2) is 0 Å². The van der Waals surface area contributed by atoms with Gasteiger partial charge in [-0.15, -0.1) is 0 Å². The molecule has 0 amide bonds. The van der Waals surface area contributed by atoms with E-state index in [-0.39, 0.29) is 11.6 Å². The molecule has 1 N–H and O–H groups in total. The monoisotopic (exact) mass is 277 g/mol. The van der Waals surface area contributed by atoms with Gasteiger partial charge in [-0.05, 0) is 45.7 Å². The first-order chi connectivity index (χ1) is 9.44. The highest BCUT2D eigenvalue weighted by molar-refractivity contribution is 5.39. The van der Waals surface area contributed by atoms with E-state index in [0.29, 0.717) is 0 Å². The van der Waals surface area contributed by atoms with Crippen LogP contribution in [0.1, 0.15) is 39.7 Å². The van der Waals surface area contributed by atoms with Crippen molar-refractivity contribution in [2.45, 2.75) is 52.3 Å². The molecule has 0 aliphatic carbocycles. The van der Waals surface area contributed by atoms with Crippen molar-refractivity contribution < 1.29 is 4.74 Å². The van der Waals surface area contributed by atoms with Crippen LogP contribution in [-0.4, -0.2) is 36.3 Å². The number of aromatic nitrogens is 1. The van der Waals surface area contributed by atoms with Crippen molar-refractivity contribution in [1.82, 2.24) is 10.3 Å². The Morgan fingerprint density at radius 3 is 2.85 bits per heavy atom. The lowest BCUT2D eigenvalue weighted by Gasteiger charge is -2.24. The molecule has 1 aliphatic heterocycles. The first-order valence-electron chi connectivity index (χ1n) is 7.50. The third-order valence-corrected chi connectivity index (χ3v) is 3.41. The highest BCUT2D eigenvalue weighted by Gasteiger charge is 2.16. The fraction of sp³-hybridized carbons (Fsp3) is 0.688. The third kappa shape index (κ3) is 4.76. The van der Waals surface area contributed by atoms with Crippen LogP contribution in [0, 0.1) is 0 Å².